The molecule has 0 aliphatic carbocycles. The minimum atomic E-state index is -3.08. The molecule has 0 aromatic heterocycles. The molecule has 1 aromatic rings. The van der Waals surface area contributed by atoms with Crippen LogP contribution in [0.3, 0.4) is 0 Å². The van der Waals surface area contributed by atoms with Crippen LogP contribution in [0, 0.1) is 6.92 Å². The number of halogens is 3. The van der Waals surface area contributed by atoms with E-state index in [4.69, 9.17) is 11.6 Å². The van der Waals surface area contributed by atoms with E-state index in [1.807, 2.05) is 19.1 Å². The van der Waals surface area contributed by atoms with Gasteiger partial charge in [0.05, 0.1) is 16.4 Å². The van der Waals surface area contributed by atoms with Crippen molar-refractivity contribution in [3.63, 3.8) is 0 Å². The van der Waals surface area contributed by atoms with Crippen molar-refractivity contribution in [3.8, 4) is 0 Å². The van der Waals surface area contributed by atoms with Gasteiger partial charge < -0.3 is 0 Å². The average Bonchev–Trinajstić information content (AvgIpc) is 2.32. The van der Waals surface area contributed by atoms with Crippen LogP contribution in [-0.4, -0.2) is 19.4 Å². The number of benzene rings is 1. The molecule has 1 saturated heterocycles. The van der Waals surface area contributed by atoms with E-state index in [9.17, 15) is 8.42 Å². The normalized spacial score (nSPS) is 24.1. The third-order valence-corrected chi connectivity index (χ3v) is 8.05. The van der Waals surface area contributed by atoms with Crippen molar-refractivity contribution in [2.24, 2.45) is 0 Å². The SMILES string of the molecule is Cc1cc(Br)c(C(Cl)C2CCCCS2(=O)=O)cc1Br. The third kappa shape index (κ3) is 3.36. The minimum Gasteiger partial charge on any atom is -0.228 e. The highest BCUT2D eigenvalue weighted by Crippen LogP contribution is 2.40. The number of rotatable bonds is 2. The Bertz CT molecular complexity index is 587. The van der Waals surface area contributed by atoms with Gasteiger partial charge in [0, 0.05) is 8.95 Å². The number of hydrogen-bond donors (Lipinski definition) is 0. The van der Waals surface area contributed by atoms with E-state index in [1.54, 1.807) is 0 Å². The van der Waals surface area contributed by atoms with Crippen LogP contribution in [0.4, 0.5) is 0 Å². The highest BCUT2D eigenvalue weighted by Gasteiger charge is 2.36. The molecule has 0 saturated carbocycles. The molecule has 19 heavy (non-hydrogen) atoms. The molecule has 106 valence electrons. The summed E-state index contributed by atoms with van der Waals surface area (Å²) in [4.78, 5) is 0. The van der Waals surface area contributed by atoms with Gasteiger partial charge in [-0.05, 0) is 43.0 Å². The molecule has 0 radical (unpaired) electrons. The lowest BCUT2D eigenvalue weighted by atomic mass is 10.0. The molecule has 1 aliphatic rings. The Morgan fingerprint density at radius 3 is 2.58 bits per heavy atom. The number of alkyl halides is 1. The van der Waals surface area contributed by atoms with Crippen molar-refractivity contribution in [1.29, 1.82) is 0 Å². The van der Waals surface area contributed by atoms with Gasteiger partial charge in [-0.3, -0.25) is 0 Å². The molecule has 2 rings (SSSR count). The summed E-state index contributed by atoms with van der Waals surface area (Å²) in [5.74, 6) is 0.255. The summed E-state index contributed by atoms with van der Waals surface area (Å²) >= 11 is 13.4. The van der Waals surface area contributed by atoms with Gasteiger partial charge in [0.1, 0.15) is 0 Å². The minimum absolute atomic E-state index is 0.255. The summed E-state index contributed by atoms with van der Waals surface area (Å²) in [6, 6.07) is 3.88. The van der Waals surface area contributed by atoms with Crippen LogP contribution >= 0.6 is 43.5 Å². The zero-order valence-corrected chi connectivity index (χ0v) is 15.2. The highest BCUT2D eigenvalue weighted by molar-refractivity contribution is 9.11. The molecule has 0 bridgehead atoms. The van der Waals surface area contributed by atoms with Crippen LogP contribution in [0.5, 0.6) is 0 Å². The lowest BCUT2D eigenvalue weighted by molar-refractivity contribution is 0.533. The van der Waals surface area contributed by atoms with E-state index in [-0.39, 0.29) is 5.75 Å². The first kappa shape index (κ1) is 15.8. The Morgan fingerprint density at radius 2 is 1.95 bits per heavy atom. The standard InChI is InChI=1S/C13H15Br2ClO2S/c1-8-6-11(15)9(7-10(8)14)13(16)12-4-2-3-5-19(12,17)18/h6-7,12-13H,2-5H2,1H3. The smallest absolute Gasteiger partial charge is 0.154 e. The lowest BCUT2D eigenvalue weighted by Crippen LogP contribution is -2.32. The maximum atomic E-state index is 12.1. The summed E-state index contributed by atoms with van der Waals surface area (Å²) in [6.45, 7) is 1.99. The predicted octanol–water partition coefficient (Wildman–Crippen LogP) is 4.77. The largest absolute Gasteiger partial charge is 0.228 e. The van der Waals surface area contributed by atoms with Crippen molar-refractivity contribution in [2.75, 3.05) is 5.75 Å². The van der Waals surface area contributed by atoms with Crippen molar-refractivity contribution in [2.45, 2.75) is 36.8 Å². The Hall–Kier alpha value is 0.420. The van der Waals surface area contributed by atoms with E-state index >= 15 is 0 Å². The molecule has 2 atom stereocenters. The predicted molar refractivity (Wildman–Crippen MR) is 86.6 cm³/mol. The zero-order valence-electron chi connectivity index (χ0n) is 10.5. The Balaban J connectivity index is 2.39. The molecule has 2 nitrogen and oxygen atoms in total. The second-order valence-corrected chi connectivity index (χ2v) is 9.44. The van der Waals surface area contributed by atoms with E-state index < -0.39 is 20.5 Å². The Morgan fingerprint density at radius 1 is 1.26 bits per heavy atom. The van der Waals surface area contributed by atoms with E-state index in [2.05, 4.69) is 31.9 Å². The van der Waals surface area contributed by atoms with Crippen LogP contribution in [-0.2, 0) is 9.84 Å². The van der Waals surface area contributed by atoms with Gasteiger partial charge in [-0.15, -0.1) is 11.6 Å². The molecule has 1 aliphatic heterocycles. The summed E-state index contributed by atoms with van der Waals surface area (Å²) in [7, 11) is -3.08. The molecule has 0 N–H and O–H groups in total. The maximum Gasteiger partial charge on any atom is 0.154 e. The van der Waals surface area contributed by atoms with Gasteiger partial charge >= 0.3 is 0 Å². The fourth-order valence-electron chi connectivity index (χ4n) is 2.38. The van der Waals surface area contributed by atoms with Gasteiger partial charge in [-0.2, -0.15) is 0 Å². The van der Waals surface area contributed by atoms with Crippen molar-refractivity contribution < 1.29 is 8.42 Å². The van der Waals surface area contributed by atoms with Gasteiger partial charge in [-0.25, -0.2) is 8.42 Å². The fourth-order valence-corrected chi connectivity index (χ4v) is 6.30. The van der Waals surface area contributed by atoms with Crippen molar-refractivity contribution in [1.82, 2.24) is 0 Å². The molecule has 6 heteroatoms. The quantitative estimate of drug-likeness (QED) is 0.634. The second kappa shape index (κ2) is 6.04. The van der Waals surface area contributed by atoms with E-state index in [0.29, 0.717) is 6.42 Å². The van der Waals surface area contributed by atoms with Crippen LogP contribution < -0.4 is 0 Å². The molecule has 1 fully saturated rings. The number of sulfone groups is 1. The monoisotopic (exact) mass is 428 g/mol. The molecule has 0 amide bonds. The summed E-state index contributed by atoms with van der Waals surface area (Å²) < 4.78 is 26.1. The van der Waals surface area contributed by atoms with Gasteiger partial charge in [0.25, 0.3) is 0 Å². The molecule has 1 aromatic carbocycles. The number of hydrogen-bond acceptors (Lipinski definition) is 2. The molecular formula is C13H15Br2ClO2S. The van der Waals surface area contributed by atoms with E-state index in [1.165, 1.54) is 0 Å². The highest BCUT2D eigenvalue weighted by atomic mass is 79.9. The van der Waals surface area contributed by atoms with Crippen LogP contribution in [0.2, 0.25) is 0 Å². The summed E-state index contributed by atoms with van der Waals surface area (Å²) in [5.41, 5.74) is 1.93. The Kier molecular flexibility index (Phi) is 5.02. The van der Waals surface area contributed by atoms with Gasteiger partial charge in [0.2, 0.25) is 0 Å². The third-order valence-electron chi connectivity index (χ3n) is 3.53. The van der Waals surface area contributed by atoms with Gasteiger partial charge in [0.15, 0.2) is 9.84 Å². The molecule has 0 spiro atoms. The zero-order chi connectivity index (χ0) is 14.2. The summed E-state index contributed by atoms with van der Waals surface area (Å²) in [6.07, 6.45) is 2.33. The Labute approximate surface area is 136 Å². The van der Waals surface area contributed by atoms with Gasteiger partial charge in [-0.1, -0.05) is 38.3 Å². The van der Waals surface area contributed by atoms with E-state index in [0.717, 1.165) is 32.9 Å². The van der Waals surface area contributed by atoms with Crippen molar-refractivity contribution >= 4 is 53.3 Å². The first-order valence-electron chi connectivity index (χ1n) is 6.14. The van der Waals surface area contributed by atoms with Crippen LogP contribution in [0.25, 0.3) is 0 Å². The number of aryl methyl sites for hydroxylation is 1. The fraction of sp³-hybridized carbons (Fsp3) is 0.538. The maximum absolute atomic E-state index is 12.1. The average molecular weight is 431 g/mol. The van der Waals surface area contributed by atoms with Crippen LogP contribution in [0.1, 0.15) is 35.8 Å². The first-order valence-corrected chi connectivity index (χ1v) is 9.88. The lowest BCUT2D eigenvalue weighted by Gasteiger charge is -2.27. The second-order valence-electron chi connectivity index (χ2n) is 4.93. The first-order chi connectivity index (χ1) is 8.83. The van der Waals surface area contributed by atoms with Crippen LogP contribution in [0.15, 0.2) is 21.1 Å². The summed E-state index contributed by atoms with van der Waals surface area (Å²) in [5, 5.41) is -0.981. The molecule has 1 heterocycles. The molecule has 2 unspecified atom stereocenters. The molecular weight excluding hydrogens is 415 g/mol. The van der Waals surface area contributed by atoms with Crippen molar-refractivity contribution in [3.05, 3.63) is 32.2 Å². The topological polar surface area (TPSA) is 34.1 Å².